The van der Waals surface area contributed by atoms with Gasteiger partial charge in [-0.05, 0) is 0 Å². The highest BCUT2D eigenvalue weighted by Crippen LogP contribution is 2.03. The van der Waals surface area contributed by atoms with Crippen molar-refractivity contribution >= 4 is 33.6 Å². The summed E-state index contributed by atoms with van der Waals surface area (Å²) in [5.41, 5.74) is 1.90. The van der Waals surface area contributed by atoms with Gasteiger partial charge in [0.05, 0.1) is 5.51 Å². The van der Waals surface area contributed by atoms with Crippen LogP contribution in [0.4, 0.5) is 0 Å². The van der Waals surface area contributed by atoms with Gasteiger partial charge in [-0.1, -0.05) is 0 Å². The fourth-order valence-corrected chi connectivity index (χ4v) is 1.04. The number of rotatable bonds is 1. The zero-order valence-electron chi connectivity index (χ0n) is 4.20. The van der Waals surface area contributed by atoms with Gasteiger partial charge in [0.2, 0.25) is 0 Å². The standard InChI is InChI=1S/C4H2BrNO2S/c5-8-4(7)3-1-9-2-6-3/h1-2H. The average molecular weight is 208 g/mol. The second-order valence-electron chi connectivity index (χ2n) is 1.24. The van der Waals surface area contributed by atoms with Gasteiger partial charge in [0, 0.05) is 5.38 Å². The molecule has 0 saturated heterocycles. The third-order valence-corrected chi connectivity index (χ3v) is 1.59. The van der Waals surface area contributed by atoms with E-state index in [0.717, 1.165) is 0 Å². The molecule has 0 saturated carbocycles. The van der Waals surface area contributed by atoms with Crippen LogP contribution < -0.4 is 0 Å². The van der Waals surface area contributed by atoms with Crippen LogP contribution in [0.5, 0.6) is 0 Å². The molecule has 0 amide bonds. The normalized spacial score (nSPS) is 9.00. The number of carbonyl (C=O) groups is 1. The first-order valence-electron chi connectivity index (χ1n) is 2.05. The Kier molecular flexibility index (Phi) is 2.18. The molecule has 0 atom stereocenters. The van der Waals surface area contributed by atoms with Gasteiger partial charge in [0.25, 0.3) is 0 Å². The molecule has 9 heavy (non-hydrogen) atoms. The van der Waals surface area contributed by atoms with E-state index in [1.54, 1.807) is 10.9 Å². The number of aromatic nitrogens is 1. The summed E-state index contributed by atoms with van der Waals surface area (Å²) in [5, 5.41) is 1.61. The van der Waals surface area contributed by atoms with Crippen molar-refractivity contribution in [3.63, 3.8) is 0 Å². The summed E-state index contributed by atoms with van der Waals surface area (Å²) in [6.45, 7) is 0. The van der Waals surface area contributed by atoms with Crippen molar-refractivity contribution in [2.24, 2.45) is 0 Å². The summed E-state index contributed by atoms with van der Waals surface area (Å²) in [5.74, 6) is -0.462. The van der Waals surface area contributed by atoms with E-state index in [9.17, 15) is 4.79 Å². The molecule has 0 radical (unpaired) electrons. The van der Waals surface area contributed by atoms with Gasteiger partial charge in [-0.2, -0.15) is 0 Å². The van der Waals surface area contributed by atoms with Crippen molar-refractivity contribution in [2.45, 2.75) is 0 Å². The number of hydrogen-bond acceptors (Lipinski definition) is 4. The summed E-state index contributed by atoms with van der Waals surface area (Å²) in [7, 11) is 0. The zero-order valence-corrected chi connectivity index (χ0v) is 6.61. The maximum atomic E-state index is 10.5. The lowest BCUT2D eigenvalue weighted by molar-refractivity contribution is 0.0777. The molecule has 0 bridgehead atoms. The molecule has 0 aromatic carbocycles. The Morgan fingerprint density at radius 1 is 1.89 bits per heavy atom. The summed E-state index contributed by atoms with van der Waals surface area (Å²) in [6.07, 6.45) is 0. The minimum absolute atomic E-state index is 0.330. The Balaban J connectivity index is 2.77. The maximum Gasteiger partial charge on any atom is 0.369 e. The van der Waals surface area contributed by atoms with E-state index >= 15 is 0 Å². The van der Waals surface area contributed by atoms with E-state index in [4.69, 9.17) is 0 Å². The van der Waals surface area contributed by atoms with Crippen LogP contribution in [0.2, 0.25) is 0 Å². The van der Waals surface area contributed by atoms with Gasteiger partial charge in [-0.25, -0.2) is 9.78 Å². The summed E-state index contributed by atoms with van der Waals surface area (Å²) in [4.78, 5) is 14.3. The summed E-state index contributed by atoms with van der Waals surface area (Å²) < 4.78 is 4.21. The second-order valence-corrected chi connectivity index (χ2v) is 2.28. The van der Waals surface area contributed by atoms with E-state index in [1.807, 2.05) is 0 Å². The van der Waals surface area contributed by atoms with Crippen LogP contribution in [-0.4, -0.2) is 11.0 Å². The van der Waals surface area contributed by atoms with Gasteiger partial charge in [0.1, 0.15) is 0 Å². The quantitative estimate of drug-likeness (QED) is 0.703. The van der Waals surface area contributed by atoms with Crippen LogP contribution in [0.25, 0.3) is 0 Å². The summed E-state index contributed by atoms with van der Waals surface area (Å²) >= 11 is 3.90. The van der Waals surface area contributed by atoms with Crippen molar-refractivity contribution in [3.8, 4) is 0 Å². The smallest absolute Gasteiger partial charge is 0.369 e. The van der Waals surface area contributed by atoms with E-state index < -0.39 is 5.97 Å². The molecule has 0 aliphatic rings. The van der Waals surface area contributed by atoms with Crippen LogP contribution in [0.1, 0.15) is 10.5 Å². The third-order valence-electron chi connectivity index (χ3n) is 0.712. The van der Waals surface area contributed by atoms with E-state index in [-0.39, 0.29) is 0 Å². The van der Waals surface area contributed by atoms with Crippen molar-refractivity contribution in [3.05, 3.63) is 16.6 Å². The Labute approximate surface area is 64.1 Å². The lowest BCUT2D eigenvalue weighted by atomic mass is 10.5. The van der Waals surface area contributed by atoms with E-state index in [1.165, 1.54) is 11.3 Å². The maximum absolute atomic E-state index is 10.5. The fourth-order valence-electron chi connectivity index (χ4n) is 0.353. The van der Waals surface area contributed by atoms with Crippen LogP contribution >= 0.6 is 27.6 Å². The molecule has 0 aliphatic carbocycles. The Bertz CT molecular complexity index is 198. The van der Waals surface area contributed by atoms with Crippen LogP contribution in [0.3, 0.4) is 0 Å². The van der Waals surface area contributed by atoms with Crippen molar-refractivity contribution < 1.29 is 8.62 Å². The molecule has 1 aromatic rings. The zero-order chi connectivity index (χ0) is 6.69. The second kappa shape index (κ2) is 2.93. The van der Waals surface area contributed by atoms with Gasteiger partial charge >= 0.3 is 5.97 Å². The number of hydrogen-bond donors (Lipinski definition) is 0. The highest BCUT2D eigenvalue weighted by atomic mass is 79.9. The molecule has 0 spiro atoms. The monoisotopic (exact) mass is 207 g/mol. The van der Waals surface area contributed by atoms with Gasteiger partial charge < -0.3 is 3.83 Å². The molecule has 1 heterocycles. The largest absolute Gasteiger partial charge is 0.379 e. The number of carbonyl (C=O) groups excluding carboxylic acids is 1. The highest BCUT2D eigenvalue weighted by Gasteiger charge is 2.05. The number of nitrogens with zero attached hydrogens (tertiary/aromatic N) is 1. The lowest BCUT2D eigenvalue weighted by Crippen LogP contribution is -1.96. The fraction of sp³-hybridized carbons (Fsp3) is 0. The van der Waals surface area contributed by atoms with Gasteiger partial charge in [-0.3, -0.25) is 0 Å². The molecule has 0 N–H and O–H groups in total. The van der Waals surface area contributed by atoms with Crippen LogP contribution in [-0.2, 0) is 3.83 Å². The number of thiazole rings is 1. The predicted octanol–water partition coefficient (Wildman–Crippen LogP) is 1.61. The van der Waals surface area contributed by atoms with Crippen molar-refractivity contribution in [1.29, 1.82) is 0 Å². The average Bonchev–Trinajstić information content (AvgIpc) is 2.37. The van der Waals surface area contributed by atoms with Gasteiger partial charge in [-0.15, -0.1) is 11.3 Å². The first-order valence-corrected chi connectivity index (χ1v) is 3.64. The van der Waals surface area contributed by atoms with Crippen molar-refractivity contribution in [2.75, 3.05) is 0 Å². The molecule has 1 aromatic heterocycles. The minimum atomic E-state index is -0.462. The highest BCUT2D eigenvalue weighted by molar-refractivity contribution is 9.06. The molecule has 0 unspecified atom stereocenters. The first kappa shape index (κ1) is 6.70. The molecule has 0 aliphatic heterocycles. The lowest BCUT2D eigenvalue weighted by Gasteiger charge is -1.85. The Morgan fingerprint density at radius 2 is 2.67 bits per heavy atom. The molecule has 3 nitrogen and oxygen atoms in total. The Hall–Kier alpha value is -0.420. The Morgan fingerprint density at radius 3 is 3.11 bits per heavy atom. The van der Waals surface area contributed by atoms with Crippen LogP contribution in [0.15, 0.2) is 10.9 Å². The third kappa shape index (κ3) is 1.49. The molecule has 0 fully saturated rings. The van der Waals surface area contributed by atoms with E-state index in [0.29, 0.717) is 5.69 Å². The molecule has 5 heteroatoms. The molecular formula is C4H2BrNO2S. The van der Waals surface area contributed by atoms with Gasteiger partial charge in [0.15, 0.2) is 22.0 Å². The van der Waals surface area contributed by atoms with E-state index in [2.05, 4.69) is 25.1 Å². The summed E-state index contributed by atoms with van der Waals surface area (Å²) in [6, 6.07) is 0. The molecule has 1 rings (SSSR count). The van der Waals surface area contributed by atoms with Crippen LogP contribution in [0, 0.1) is 0 Å². The number of halogens is 1. The predicted molar refractivity (Wildman–Crippen MR) is 36.5 cm³/mol. The topological polar surface area (TPSA) is 39.2 Å². The van der Waals surface area contributed by atoms with Crippen molar-refractivity contribution in [1.82, 2.24) is 4.98 Å². The molecule has 48 valence electrons. The molecular weight excluding hydrogens is 206 g/mol. The first-order chi connectivity index (χ1) is 4.34. The SMILES string of the molecule is O=C(OBr)c1cscn1. The minimum Gasteiger partial charge on any atom is -0.379 e.